The van der Waals surface area contributed by atoms with Gasteiger partial charge in [0.25, 0.3) is 5.82 Å². The highest BCUT2D eigenvalue weighted by atomic mass is 16.6. The smallest absolute Gasteiger partial charge is 0.259 e. The van der Waals surface area contributed by atoms with Gasteiger partial charge in [0.05, 0.1) is 27.0 Å². The molecule has 0 unspecified atom stereocenters. The fraction of sp³-hybridized carbons (Fsp3) is 0.533. The lowest BCUT2D eigenvalue weighted by molar-refractivity contribution is -0.0511. The van der Waals surface area contributed by atoms with Gasteiger partial charge in [0.1, 0.15) is 31.2 Å². The van der Waals surface area contributed by atoms with Crippen molar-refractivity contribution in [1.29, 1.82) is 0 Å². The first kappa shape index (κ1) is 16.9. The van der Waals surface area contributed by atoms with E-state index in [2.05, 4.69) is 21.5 Å². The van der Waals surface area contributed by atoms with Crippen molar-refractivity contribution in [3.05, 3.63) is 25.3 Å². The van der Waals surface area contributed by atoms with Gasteiger partial charge < -0.3 is 20.1 Å². The predicted octanol–water partition coefficient (Wildman–Crippen LogP) is -0.809. The van der Waals surface area contributed by atoms with Gasteiger partial charge >= 0.3 is 0 Å². The van der Waals surface area contributed by atoms with Crippen molar-refractivity contribution < 1.29 is 20.1 Å². The Morgan fingerprint density at radius 3 is 2.67 bits per heavy atom. The Morgan fingerprint density at radius 2 is 2.04 bits per heavy atom. The highest BCUT2D eigenvalue weighted by Crippen LogP contribution is 2.33. The van der Waals surface area contributed by atoms with Crippen molar-refractivity contribution in [1.82, 2.24) is 24.0 Å². The normalized spacial score (nSPS) is 27.7. The van der Waals surface area contributed by atoms with Crippen LogP contribution in [0.4, 0.5) is 5.82 Å². The van der Waals surface area contributed by atoms with Gasteiger partial charge in [-0.05, 0) is 6.08 Å². The maximum absolute atomic E-state index is 10.2. The zero-order valence-electron chi connectivity index (χ0n) is 13.6. The molecule has 0 saturated carbocycles. The Morgan fingerprint density at radius 1 is 1.29 bits per heavy atom. The maximum Gasteiger partial charge on any atom is 0.259 e. The van der Waals surface area contributed by atoms with Crippen LogP contribution >= 0.6 is 0 Å². The number of ether oxygens (including phenoxy) is 1. The lowest BCUT2D eigenvalue weighted by Crippen LogP contribution is -2.41. The third-order valence-electron chi connectivity index (χ3n) is 4.29. The van der Waals surface area contributed by atoms with Crippen LogP contribution in [0.1, 0.15) is 6.23 Å². The van der Waals surface area contributed by atoms with Gasteiger partial charge in [-0.3, -0.25) is 9.05 Å². The van der Waals surface area contributed by atoms with Crippen molar-refractivity contribution in [3.8, 4) is 0 Å². The van der Waals surface area contributed by atoms with Crippen LogP contribution in [0, 0.1) is 0 Å². The quantitative estimate of drug-likeness (QED) is 0.483. The highest BCUT2D eigenvalue weighted by molar-refractivity contribution is 5.82. The molecule has 130 valence electrons. The number of likely N-dealkylation sites (N-methyl/N-ethyl adjacent to an activating group) is 1. The summed E-state index contributed by atoms with van der Waals surface area (Å²) in [5.74, 6) is 0.713. The summed E-state index contributed by atoms with van der Waals surface area (Å²) in [4.78, 5) is 13.0. The second-order valence-electron chi connectivity index (χ2n) is 6.41. The molecule has 0 amide bonds. The summed E-state index contributed by atoms with van der Waals surface area (Å²) < 4.78 is 7.55. The minimum atomic E-state index is -1.19. The van der Waals surface area contributed by atoms with E-state index < -0.39 is 24.5 Å². The Bertz CT molecular complexity index is 747. The molecule has 24 heavy (non-hydrogen) atoms. The molecule has 2 aromatic rings. The fourth-order valence-electron chi connectivity index (χ4n) is 2.99. The molecule has 1 saturated heterocycles. The van der Waals surface area contributed by atoms with E-state index in [-0.39, 0.29) is 6.61 Å². The molecule has 3 N–H and O–H groups in total. The van der Waals surface area contributed by atoms with Crippen molar-refractivity contribution in [2.45, 2.75) is 24.5 Å². The van der Waals surface area contributed by atoms with E-state index in [4.69, 9.17) is 4.74 Å². The molecule has 0 bridgehead atoms. The van der Waals surface area contributed by atoms with Crippen LogP contribution in [0.5, 0.6) is 0 Å². The summed E-state index contributed by atoms with van der Waals surface area (Å²) >= 11 is 0. The van der Waals surface area contributed by atoms with Crippen LogP contribution < -0.4 is 4.48 Å². The number of hydrogen-bond donors (Lipinski definition) is 3. The molecule has 9 nitrogen and oxygen atoms in total. The van der Waals surface area contributed by atoms with Gasteiger partial charge in [-0.1, -0.05) is 6.58 Å². The van der Waals surface area contributed by atoms with Gasteiger partial charge in [-0.2, -0.15) is 4.98 Å². The Hall–Kier alpha value is -1.91. The average molecular weight is 336 g/mol. The number of rotatable bonds is 5. The molecule has 3 rings (SSSR count). The predicted molar refractivity (Wildman–Crippen MR) is 87.0 cm³/mol. The first-order valence-corrected chi connectivity index (χ1v) is 7.65. The molecule has 9 heteroatoms. The van der Waals surface area contributed by atoms with Crippen LogP contribution in [0.25, 0.3) is 11.2 Å². The van der Waals surface area contributed by atoms with E-state index in [0.717, 1.165) is 0 Å². The third-order valence-corrected chi connectivity index (χ3v) is 4.29. The van der Waals surface area contributed by atoms with E-state index in [1.807, 2.05) is 14.1 Å². The van der Waals surface area contributed by atoms with Gasteiger partial charge in [0.2, 0.25) is 0 Å². The Labute approximate surface area is 139 Å². The van der Waals surface area contributed by atoms with Crippen molar-refractivity contribution in [2.24, 2.45) is 0 Å². The van der Waals surface area contributed by atoms with Crippen molar-refractivity contribution >= 4 is 17.0 Å². The fourth-order valence-corrected chi connectivity index (χ4v) is 2.99. The number of aliphatic hydroxyl groups excluding tert-OH is 3. The summed E-state index contributed by atoms with van der Waals surface area (Å²) in [7, 11) is 3.96. The van der Waals surface area contributed by atoms with Crippen LogP contribution in [0.15, 0.2) is 25.3 Å². The molecule has 4 atom stereocenters. The van der Waals surface area contributed by atoms with Crippen molar-refractivity contribution in [3.63, 3.8) is 0 Å². The molecule has 1 aliphatic heterocycles. The molecule has 3 heterocycles. The molecule has 0 aliphatic carbocycles. The second kappa shape index (κ2) is 6.19. The third kappa shape index (κ3) is 2.60. The molecular weight excluding hydrogens is 314 g/mol. The summed E-state index contributed by atoms with van der Waals surface area (Å²) in [6, 6.07) is 0. The molecule has 0 radical (unpaired) electrons. The Kier molecular flexibility index (Phi) is 4.37. The zero-order valence-corrected chi connectivity index (χ0v) is 13.6. The van der Waals surface area contributed by atoms with E-state index in [0.29, 0.717) is 28.0 Å². The lowest BCUT2D eigenvalue weighted by Gasteiger charge is -2.26. The number of nitrogens with zero attached hydrogens (tertiary/aromatic N) is 5. The topological polar surface area (TPSA) is 114 Å². The number of aliphatic hydroxyl groups is 3. The zero-order chi connectivity index (χ0) is 17.5. The number of fused-ring (bicyclic) bond motifs is 1. The number of quaternary nitrogens is 1. The van der Waals surface area contributed by atoms with E-state index in [9.17, 15) is 15.3 Å². The minimum absolute atomic E-state index is 0.384. The minimum Gasteiger partial charge on any atom is -0.394 e. The second-order valence-corrected chi connectivity index (χ2v) is 6.41. The molecule has 2 aromatic heterocycles. The van der Waals surface area contributed by atoms with Gasteiger partial charge in [-0.15, -0.1) is 0 Å². The number of hydrogen-bond acceptors (Lipinski definition) is 7. The molecule has 1 fully saturated rings. The number of aromatic nitrogens is 4. The van der Waals surface area contributed by atoms with Crippen LogP contribution in [0.3, 0.4) is 0 Å². The lowest BCUT2D eigenvalue weighted by atomic mass is 10.1. The molecule has 0 aromatic carbocycles. The summed E-state index contributed by atoms with van der Waals surface area (Å²) in [5, 5.41) is 29.4. The summed E-state index contributed by atoms with van der Waals surface area (Å²) in [5.41, 5.74) is 1.08. The SMILES string of the molecule is C=CC[N+](C)(C)c1ncnc2c1ncn2[C@@H]1O[C@H](CO)[C@@H](O)[C@H]1O. The average Bonchev–Trinajstić information content (AvgIpc) is 3.09. The first-order valence-electron chi connectivity index (χ1n) is 7.65. The van der Waals surface area contributed by atoms with Gasteiger partial charge in [0.15, 0.2) is 17.4 Å². The maximum atomic E-state index is 10.2. The van der Waals surface area contributed by atoms with E-state index in [1.165, 1.54) is 12.7 Å². The van der Waals surface area contributed by atoms with Gasteiger partial charge in [-0.25, -0.2) is 9.97 Å². The number of imidazole rings is 1. The van der Waals surface area contributed by atoms with Crippen LogP contribution in [0.2, 0.25) is 0 Å². The molecular formula is C15H22N5O4+. The van der Waals surface area contributed by atoms with E-state index >= 15 is 0 Å². The Balaban J connectivity index is 2.05. The van der Waals surface area contributed by atoms with E-state index in [1.54, 1.807) is 10.6 Å². The molecule has 1 aliphatic rings. The van der Waals surface area contributed by atoms with Crippen molar-refractivity contribution in [2.75, 3.05) is 27.2 Å². The summed E-state index contributed by atoms with van der Waals surface area (Å²) in [6.45, 7) is 4.04. The van der Waals surface area contributed by atoms with Crippen LogP contribution in [-0.4, -0.2) is 80.4 Å². The van der Waals surface area contributed by atoms with Gasteiger partial charge in [0, 0.05) is 0 Å². The molecule has 0 spiro atoms. The largest absolute Gasteiger partial charge is 0.394 e. The summed E-state index contributed by atoms with van der Waals surface area (Å²) in [6.07, 6.45) is 0.644. The standard InChI is InChI=1S/C15H22N5O4/c1-4-5-20(2,3)14-10-13(16-7-17-14)19(8-18-10)15-12(23)11(22)9(6-21)24-15/h4,7-9,11-12,15,21-23H,1,5-6H2,2-3H3/q+1/t9-,11-,12-,15-/m1/s1. The van der Waals surface area contributed by atoms with Crippen LogP contribution in [-0.2, 0) is 4.74 Å². The first-order chi connectivity index (χ1) is 11.4. The highest BCUT2D eigenvalue weighted by Gasteiger charge is 2.44. The monoisotopic (exact) mass is 336 g/mol.